The van der Waals surface area contributed by atoms with Crippen LogP contribution in [0, 0.1) is 5.82 Å². The molecule has 1 atom stereocenters. The first-order valence-corrected chi connectivity index (χ1v) is 7.00. The fourth-order valence-corrected chi connectivity index (χ4v) is 2.28. The zero-order valence-electron chi connectivity index (χ0n) is 10.3. The van der Waals surface area contributed by atoms with E-state index in [4.69, 9.17) is 11.6 Å². The van der Waals surface area contributed by atoms with Crippen molar-refractivity contribution in [1.82, 2.24) is 10.3 Å². The summed E-state index contributed by atoms with van der Waals surface area (Å²) in [7, 11) is 1.86. The van der Waals surface area contributed by atoms with E-state index >= 15 is 0 Å². The molecular weight excluding hydrogens is 331 g/mol. The summed E-state index contributed by atoms with van der Waals surface area (Å²) in [6.45, 7) is 0. The van der Waals surface area contributed by atoms with Gasteiger partial charge in [-0.25, -0.2) is 4.39 Å². The van der Waals surface area contributed by atoms with Crippen LogP contribution in [0.5, 0.6) is 0 Å². The van der Waals surface area contributed by atoms with Gasteiger partial charge in [-0.1, -0.05) is 17.7 Å². The molecule has 1 heterocycles. The van der Waals surface area contributed by atoms with Crippen LogP contribution >= 0.6 is 27.5 Å². The second-order valence-corrected chi connectivity index (χ2v) is 5.51. The van der Waals surface area contributed by atoms with Crippen LogP contribution < -0.4 is 5.32 Å². The van der Waals surface area contributed by atoms with Crippen molar-refractivity contribution in [2.24, 2.45) is 0 Å². The van der Waals surface area contributed by atoms with Crippen molar-refractivity contribution >= 4 is 27.5 Å². The van der Waals surface area contributed by atoms with Crippen LogP contribution in [0.2, 0.25) is 5.02 Å². The molecule has 2 aromatic rings. The number of hydrogen-bond donors (Lipinski definition) is 1. The van der Waals surface area contributed by atoms with Crippen LogP contribution in [0.3, 0.4) is 0 Å². The number of aromatic nitrogens is 1. The Bertz CT molecular complexity index is 560. The molecule has 0 radical (unpaired) electrons. The van der Waals surface area contributed by atoms with Crippen molar-refractivity contribution in [3.05, 3.63) is 63.1 Å². The van der Waals surface area contributed by atoms with Crippen LogP contribution in [-0.2, 0) is 6.42 Å². The highest BCUT2D eigenvalue weighted by Crippen LogP contribution is 2.23. The molecule has 0 aliphatic heterocycles. The average Bonchev–Trinajstić information content (AvgIpc) is 2.41. The Morgan fingerprint density at radius 2 is 2.16 bits per heavy atom. The summed E-state index contributed by atoms with van der Waals surface area (Å²) in [5.41, 5.74) is 1.90. The summed E-state index contributed by atoms with van der Waals surface area (Å²) in [5, 5.41) is 3.34. The van der Waals surface area contributed by atoms with Gasteiger partial charge in [0.15, 0.2) is 0 Å². The normalized spacial score (nSPS) is 12.4. The lowest BCUT2D eigenvalue weighted by Crippen LogP contribution is -2.19. The zero-order valence-corrected chi connectivity index (χ0v) is 12.7. The van der Waals surface area contributed by atoms with Gasteiger partial charge in [-0.15, -0.1) is 0 Å². The molecule has 1 aromatic heterocycles. The van der Waals surface area contributed by atoms with Crippen LogP contribution in [0.1, 0.15) is 17.3 Å². The van der Waals surface area contributed by atoms with E-state index in [-0.39, 0.29) is 11.1 Å². The molecule has 1 unspecified atom stereocenters. The molecule has 0 aliphatic carbocycles. The molecule has 0 amide bonds. The summed E-state index contributed by atoms with van der Waals surface area (Å²) in [6, 6.07) is 8.73. The maximum absolute atomic E-state index is 13.2. The third-order valence-corrected chi connectivity index (χ3v) is 3.66. The molecule has 100 valence electrons. The van der Waals surface area contributed by atoms with Crippen molar-refractivity contribution in [3.63, 3.8) is 0 Å². The van der Waals surface area contributed by atoms with Gasteiger partial charge in [-0.05, 0) is 52.8 Å². The number of pyridine rings is 1. The average molecular weight is 344 g/mol. The Morgan fingerprint density at radius 3 is 2.74 bits per heavy atom. The fraction of sp³-hybridized carbons (Fsp3) is 0.214. The van der Waals surface area contributed by atoms with E-state index in [0.717, 1.165) is 15.7 Å². The Kier molecular flexibility index (Phi) is 4.91. The molecule has 0 fully saturated rings. The molecule has 0 saturated heterocycles. The first-order chi connectivity index (χ1) is 9.10. The summed E-state index contributed by atoms with van der Waals surface area (Å²) in [5.74, 6) is -0.401. The standard InChI is InChI=1S/C14H13BrClFN2/c1-18-14(7-11-4-3-10(15)8-19-11)9-2-5-13(17)12(16)6-9/h2-6,8,14,18H,7H2,1H3. The third-order valence-electron chi connectivity index (χ3n) is 2.90. The van der Waals surface area contributed by atoms with Crippen LogP contribution in [0.15, 0.2) is 41.0 Å². The van der Waals surface area contributed by atoms with E-state index in [1.807, 2.05) is 19.2 Å². The van der Waals surface area contributed by atoms with Crippen LogP contribution in [-0.4, -0.2) is 12.0 Å². The largest absolute Gasteiger partial charge is 0.313 e. The number of rotatable bonds is 4. The Labute approximate surface area is 125 Å². The highest BCUT2D eigenvalue weighted by Gasteiger charge is 2.12. The van der Waals surface area contributed by atoms with Crippen molar-refractivity contribution in [2.45, 2.75) is 12.5 Å². The highest BCUT2D eigenvalue weighted by atomic mass is 79.9. The summed E-state index contributed by atoms with van der Waals surface area (Å²) >= 11 is 9.17. The van der Waals surface area contributed by atoms with E-state index in [2.05, 4.69) is 26.2 Å². The number of benzene rings is 1. The SMILES string of the molecule is CNC(Cc1ccc(Br)cn1)c1ccc(F)c(Cl)c1. The van der Waals surface area contributed by atoms with Gasteiger partial charge in [0.25, 0.3) is 0 Å². The van der Waals surface area contributed by atoms with E-state index in [9.17, 15) is 4.39 Å². The number of nitrogens with zero attached hydrogens (tertiary/aromatic N) is 1. The Morgan fingerprint density at radius 1 is 1.37 bits per heavy atom. The lowest BCUT2D eigenvalue weighted by atomic mass is 10.0. The number of hydrogen-bond acceptors (Lipinski definition) is 2. The second-order valence-electron chi connectivity index (χ2n) is 4.19. The Hall–Kier alpha value is -0.970. The lowest BCUT2D eigenvalue weighted by molar-refractivity contribution is 0.579. The lowest BCUT2D eigenvalue weighted by Gasteiger charge is -2.16. The minimum absolute atomic E-state index is 0.0479. The summed E-state index contributed by atoms with van der Waals surface area (Å²) < 4.78 is 14.1. The first-order valence-electron chi connectivity index (χ1n) is 5.83. The molecular formula is C14H13BrClFN2. The topological polar surface area (TPSA) is 24.9 Å². The van der Waals surface area contributed by atoms with Gasteiger partial charge in [0, 0.05) is 28.8 Å². The molecule has 0 spiro atoms. The fourth-order valence-electron chi connectivity index (χ4n) is 1.85. The van der Waals surface area contributed by atoms with E-state index in [1.54, 1.807) is 18.3 Å². The van der Waals surface area contributed by atoms with Gasteiger partial charge in [0.1, 0.15) is 5.82 Å². The third kappa shape index (κ3) is 3.75. The zero-order chi connectivity index (χ0) is 13.8. The summed E-state index contributed by atoms with van der Waals surface area (Å²) in [6.07, 6.45) is 2.48. The minimum atomic E-state index is -0.401. The molecule has 5 heteroatoms. The van der Waals surface area contributed by atoms with Crippen molar-refractivity contribution in [3.8, 4) is 0 Å². The van der Waals surface area contributed by atoms with Gasteiger partial charge in [0.2, 0.25) is 0 Å². The first kappa shape index (κ1) is 14.4. The van der Waals surface area contributed by atoms with E-state index < -0.39 is 5.82 Å². The number of halogens is 3. The Balaban J connectivity index is 2.19. The molecule has 19 heavy (non-hydrogen) atoms. The molecule has 1 N–H and O–H groups in total. The van der Waals surface area contributed by atoms with Gasteiger partial charge < -0.3 is 5.32 Å². The van der Waals surface area contributed by atoms with Gasteiger partial charge in [0.05, 0.1) is 5.02 Å². The monoisotopic (exact) mass is 342 g/mol. The maximum atomic E-state index is 13.2. The smallest absolute Gasteiger partial charge is 0.141 e. The van der Waals surface area contributed by atoms with Crippen molar-refractivity contribution in [2.75, 3.05) is 7.05 Å². The summed E-state index contributed by atoms with van der Waals surface area (Å²) in [4.78, 5) is 4.34. The van der Waals surface area contributed by atoms with Crippen molar-refractivity contribution < 1.29 is 4.39 Å². The van der Waals surface area contributed by atoms with E-state index in [1.165, 1.54) is 6.07 Å². The second kappa shape index (κ2) is 6.46. The van der Waals surface area contributed by atoms with Gasteiger partial charge in [-0.3, -0.25) is 4.98 Å². The molecule has 1 aromatic carbocycles. The quantitative estimate of drug-likeness (QED) is 0.902. The van der Waals surface area contributed by atoms with Crippen LogP contribution in [0.4, 0.5) is 4.39 Å². The molecule has 2 rings (SSSR count). The van der Waals surface area contributed by atoms with E-state index in [0.29, 0.717) is 6.42 Å². The number of likely N-dealkylation sites (N-methyl/N-ethyl adjacent to an activating group) is 1. The molecule has 0 bridgehead atoms. The van der Waals surface area contributed by atoms with Gasteiger partial charge in [-0.2, -0.15) is 0 Å². The molecule has 0 saturated carbocycles. The predicted molar refractivity (Wildman–Crippen MR) is 78.9 cm³/mol. The highest BCUT2D eigenvalue weighted by molar-refractivity contribution is 9.10. The number of nitrogens with one attached hydrogen (secondary N) is 1. The molecule has 0 aliphatic rings. The van der Waals surface area contributed by atoms with Crippen LogP contribution in [0.25, 0.3) is 0 Å². The van der Waals surface area contributed by atoms with Crippen molar-refractivity contribution in [1.29, 1.82) is 0 Å². The molecule has 2 nitrogen and oxygen atoms in total. The predicted octanol–water partition coefficient (Wildman–Crippen LogP) is 4.14. The minimum Gasteiger partial charge on any atom is -0.313 e. The maximum Gasteiger partial charge on any atom is 0.141 e. The van der Waals surface area contributed by atoms with Gasteiger partial charge >= 0.3 is 0 Å².